The summed E-state index contributed by atoms with van der Waals surface area (Å²) in [5.41, 5.74) is 1.25. The van der Waals surface area contributed by atoms with Crippen molar-refractivity contribution in [1.29, 1.82) is 0 Å². The number of carbonyl (C=O) groups excluding carboxylic acids is 1. The molecule has 0 aliphatic carbocycles. The van der Waals surface area contributed by atoms with Crippen LogP contribution in [0.1, 0.15) is 5.56 Å². The number of anilines is 1. The van der Waals surface area contributed by atoms with Gasteiger partial charge in [0.25, 0.3) is 10.0 Å². The molecule has 0 atom stereocenters. The van der Waals surface area contributed by atoms with Gasteiger partial charge in [0.2, 0.25) is 5.91 Å². The number of sulfonamides is 1. The zero-order valence-electron chi connectivity index (χ0n) is 13.4. The first kappa shape index (κ1) is 18.0. The molecule has 0 radical (unpaired) electrons. The second kappa shape index (κ2) is 8.47. The Morgan fingerprint density at radius 3 is 2.33 bits per heavy atom. The summed E-state index contributed by atoms with van der Waals surface area (Å²) in [5.74, 6) is -0.107. The fraction of sp³-hybridized carbons (Fsp3) is 0.235. The number of hydrogen-bond acceptors (Lipinski definition) is 4. The molecule has 0 unspecified atom stereocenters. The van der Waals surface area contributed by atoms with Gasteiger partial charge in [-0.25, -0.2) is 8.42 Å². The van der Waals surface area contributed by atoms with Crippen LogP contribution in [-0.4, -0.2) is 34.6 Å². The molecule has 0 aliphatic rings. The van der Waals surface area contributed by atoms with Gasteiger partial charge in [-0.15, -0.1) is 0 Å². The third-order valence-electron chi connectivity index (χ3n) is 3.25. The number of hydrogen-bond donors (Lipinski definition) is 2. The molecule has 0 saturated heterocycles. The van der Waals surface area contributed by atoms with Crippen LogP contribution in [0.5, 0.6) is 0 Å². The quantitative estimate of drug-likeness (QED) is 0.713. The van der Waals surface area contributed by atoms with Gasteiger partial charge in [0.05, 0.1) is 17.9 Å². The number of ether oxygens (including phenoxy) is 1. The molecule has 0 bridgehead atoms. The van der Waals surface area contributed by atoms with Gasteiger partial charge in [-0.2, -0.15) is 0 Å². The summed E-state index contributed by atoms with van der Waals surface area (Å²) in [5, 5.41) is 2.73. The van der Waals surface area contributed by atoms with Gasteiger partial charge in [0.1, 0.15) is 0 Å². The molecule has 7 heteroatoms. The number of amides is 1. The second-order valence-corrected chi connectivity index (χ2v) is 6.82. The van der Waals surface area contributed by atoms with Crippen LogP contribution in [-0.2, 0) is 26.0 Å². The third kappa shape index (κ3) is 5.36. The Morgan fingerprint density at radius 1 is 1.04 bits per heavy atom. The molecule has 0 fully saturated rings. The van der Waals surface area contributed by atoms with E-state index in [1.54, 1.807) is 49.6 Å². The number of carbonyl (C=O) groups is 1. The van der Waals surface area contributed by atoms with Crippen LogP contribution in [0.3, 0.4) is 0 Å². The molecule has 2 aromatic rings. The molecular weight excluding hydrogens is 328 g/mol. The largest absolute Gasteiger partial charge is 0.383 e. The first-order valence-electron chi connectivity index (χ1n) is 7.44. The first-order chi connectivity index (χ1) is 11.5. The minimum Gasteiger partial charge on any atom is -0.383 e. The number of methoxy groups -OCH3 is 1. The highest BCUT2D eigenvalue weighted by molar-refractivity contribution is 7.92. The lowest BCUT2D eigenvalue weighted by molar-refractivity contribution is -0.120. The SMILES string of the molecule is COCCNC(=O)Cc1ccc(NS(=O)(=O)c2ccccc2)cc1. The first-order valence-corrected chi connectivity index (χ1v) is 8.92. The lowest BCUT2D eigenvalue weighted by atomic mass is 10.1. The van der Waals surface area contributed by atoms with Crippen molar-refractivity contribution in [3.05, 3.63) is 60.2 Å². The van der Waals surface area contributed by atoms with E-state index in [-0.39, 0.29) is 17.2 Å². The van der Waals surface area contributed by atoms with E-state index in [1.165, 1.54) is 12.1 Å². The Bertz CT molecular complexity index is 759. The van der Waals surface area contributed by atoms with Crippen molar-refractivity contribution in [2.45, 2.75) is 11.3 Å². The van der Waals surface area contributed by atoms with E-state index in [9.17, 15) is 13.2 Å². The van der Waals surface area contributed by atoms with Gasteiger partial charge in [0, 0.05) is 19.3 Å². The average Bonchev–Trinajstić information content (AvgIpc) is 2.57. The average molecular weight is 348 g/mol. The van der Waals surface area contributed by atoms with Crippen molar-refractivity contribution in [1.82, 2.24) is 5.32 Å². The molecule has 0 aliphatic heterocycles. The Kier molecular flexibility index (Phi) is 6.34. The summed E-state index contributed by atoms with van der Waals surface area (Å²) in [6.07, 6.45) is 0.232. The van der Waals surface area contributed by atoms with Crippen LogP contribution >= 0.6 is 0 Å². The maximum Gasteiger partial charge on any atom is 0.261 e. The van der Waals surface area contributed by atoms with Crippen molar-refractivity contribution >= 4 is 21.6 Å². The molecule has 0 spiro atoms. The summed E-state index contributed by atoms with van der Waals surface area (Å²) < 4.78 is 31.8. The molecule has 128 valence electrons. The van der Waals surface area contributed by atoms with Crippen LogP contribution in [0, 0.1) is 0 Å². The summed E-state index contributed by atoms with van der Waals surface area (Å²) in [4.78, 5) is 11.9. The van der Waals surface area contributed by atoms with Crippen molar-refractivity contribution in [3.63, 3.8) is 0 Å². The van der Waals surface area contributed by atoms with Crippen molar-refractivity contribution in [3.8, 4) is 0 Å². The van der Waals surface area contributed by atoms with Crippen LogP contribution in [0.25, 0.3) is 0 Å². The Hall–Kier alpha value is -2.38. The van der Waals surface area contributed by atoms with Gasteiger partial charge in [0.15, 0.2) is 0 Å². The smallest absolute Gasteiger partial charge is 0.261 e. The molecule has 1 amide bonds. The zero-order valence-corrected chi connectivity index (χ0v) is 14.2. The van der Waals surface area contributed by atoms with Gasteiger partial charge >= 0.3 is 0 Å². The van der Waals surface area contributed by atoms with E-state index < -0.39 is 10.0 Å². The monoisotopic (exact) mass is 348 g/mol. The molecule has 2 aromatic carbocycles. The molecule has 24 heavy (non-hydrogen) atoms. The second-order valence-electron chi connectivity index (χ2n) is 5.14. The highest BCUT2D eigenvalue weighted by Gasteiger charge is 2.13. The van der Waals surface area contributed by atoms with E-state index in [2.05, 4.69) is 10.0 Å². The molecule has 0 heterocycles. The van der Waals surface area contributed by atoms with Gasteiger partial charge in [-0.05, 0) is 29.8 Å². The molecular formula is C17H20N2O4S. The van der Waals surface area contributed by atoms with Gasteiger partial charge < -0.3 is 10.1 Å². The van der Waals surface area contributed by atoms with E-state index in [0.717, 1.165) is 5.56 Å². The van der Waals surface area contributed by atoms with Gasteiger partial charge in [-0.1, -0.05) is 30.3 Å². The minimum atomic E-state index is -3.61. The topological polar surface area (TPSA) is 84.5 Å². The summed E-state index contributed by atoms with van der Waals surface area (Å²) in [6, 6.07) is 14.9. The lowest BCUT2D eigenvalue weighted by Gasteiger charge is -2.09. The van der Waals surface area contributed by atoms with Crippen molar-refractivity contribution < 1.29 is 17.9 Å². The number of rotatable bonds is 8. The van der Waals surface area contributed by atoms with Crippen LogP contribution in [0.15, 0.2) is 59.5 Å². The van der Waals surface area contributed by atoms with Crippen LogP contribution < -0.4 is 10.0 Å². The minimum absolute atomic E-state index is 0.107. The third-order valence-corrected chi connectivity index (χ3v) is 4.65. The highest BCUT2D eigenvalue weighted by Crippen LogP contribution is 2.16. The molecule has 2 N–H and O–H groups in total. The summed E-state index contributed by atoms with van der Waals surface area (Å²) >= 11 is 0. The maximum atomic E-state index is 12.2. The van der Waals surface area contributed by atoms with Crippen molar-refractivity contribution in [2.24, 2.45) is 0 Å². The van der Waals surface area contributed by atoms with E-state index in [4.69, 9.17) is 4.74 Å². The Balaban J connectivity index is 1.96. The predicted molar refractivity (Wildman–Crippen MR) is 92.3 cm³/mol. The molecule has 2 rings (SSSR count). The number of nitrogens with one attached hydrogen (secondary N) is 2. The lowest BCUT2D eigenvalue weighted by Crippen LogP contribution is -2.28. The van der Waals surface area contributed by atoms with Crippen LogP contribution in [0.2, 0.25) is 0 Å². The normalized spacial score (nSPS) is 11.0. The fourth-order valence-corrected chi connectivity index (χ4v) is 3.12. The number of benzene rings is 2. The van der Waals surface area contributed by atoms with Crippen molar-refractivity contribution in [2.75, 3.05) is 25.0 Å². The standard InChI is InChI=1S/C17H20N2O4S/c1-23-12-11-18-17(20)13-14-7-9-15(10-8-14)19-24(21,22)16-5-3-2-4-6-16/h2-10,19H,11-13H2,1H3,(H,18,20). The Labute approximate surface area is 141 Å². The Morgan fingerprint density at radius 2 is 1.71 bits per heavy atom. The zero-order chi connectivity index (χ0) is 17.4. The van der Waals surface area contributed by atoms with Crippen LogP contribution in [0.4, 0.5) is 5.69 Å². The fourth-order valence-electron chi connectivity index (χ4n) is 2.04. The van der Waals surface area contributed by atoms with E-state index in [1.807, 2.05) is 0 Å². The molecule has 6 nitrogen and oxygen atoms in total. The summed E-state index contributed by atoms with van der Waals surface area (Å²) in [7, 11) is -2.04. The molecule has 0 saturated carbocycles. The highest BCUT2D eigenvalue weighted by atomic mass is 32.2. The summed E-state index contributed by atoms with van der Waals surface area (Å²) in [6.45, 7) is 0.927. The maximum absolute atomic E-state index is 12.2. The predicted octanol–water partition coefficient (Wildman–Crippen LogP) is 1.79. The van der Waals surface area contributed by atoms with E-state index >= 15 is 0 Å². The van der Waals surface area contributed by atoms with Gasteiger partial charge in [-0.3, -0.25) is 9.52 Å². The van der Waals surface area contributed by atoms with E-state index in [0.29, 0.717) is 18.8 Å². The molecule has 0 aromatic heterocycles.